The van der Waals surface area contributed by atoms with Crippen LogP contribution in [0, 0.1) is 6.92 Å². The van der Waals surface area contributed by atoms with Crippen molar-refractivity contribution in [2.75, 3.05) is 11.1 Å². The molecule has 2 heterocycles. The standard InChI is InChI=1S/C13H18N6OS/c1-7-8(6-19(2)18-7)5-15-12(20)10-11(14)17-13(21-10)16-9-3-4-9/h6,9H,3-5,14H2,1-2H3,(H,15,20)(H,16,17). The molecular weight excluding hydrogens is 288 g/mol. The number of carbonyl (C=O) groups excluding carboxylic acids is 1. The number of nitrogens with zero attached hydrogens (tertiary/aromatic N) is 3. The first-order chi connectivity index (χ1) is 10.0. The van der Waals surface area contributed by atoms with Gasteiger partial charge in [0.05, 0.1) is 5.69 Å². The Morgan fingerprint density at radius 1 is 1.57 bits per heavy atom. The van der Waals surface area contributed by atoms with Crippen LogP contribution in [0.25, 0.3) is 0 Å². The lowest BCUT2D eigenvalue weighted by Gasteiger charge is -2.02. The molecule has 1 aliphatic rings. The van der Waals surface area contributed by atoms with Gasteiger partial charge in [0.15, 0.2) is 5.13 Å². The highest BCUT2D eigenvalue weighted by molar-refractivity contribution is 7.18. The van der Waals surface area contributed by atoms with Crippen LogP contribution in [0.3, 0.4) is 0 Å². The molecule has 0 spiro atoms. The van der Waals surface area contributed by atoms with E-state index in [9.17, 15) is 4.79 Å². The van der Waals surface area contributed by atoms with Crippen LogP contribution < -0.4 is 16.4 Å². The van der Waals surface area contributed by atoms with E-state index < -0.39 is 0 Å². The number of nitrogens with two attached hydrogens (primary N) is 1. The first-order valence-electron chi connectivity index (χ1n) is 6.83. The van der Waals surface area contributed by atoms with E-state index in [1.165, 1.54) is 11.3 Å². The number of amides is 1. The van der Waals surface area contributed by atoms with Gasteiger partial charge in [-0.2, -0.15) is 5.10 Å². The van der Waals surface area contributed by atoms with Crippen molar-refractivity contribution in [3.8, 4) is 0 Å². The molecule has 4 N–H and O–H groups in total. The number of anilines is 2. The van der Waals surface area contributed by atoms with Gasteiger partial charge in [0, 0.05) is 31.4 Å². The lowest BCUT2D eigenvalue weighted by molar-refractivity contribution is 0.0955. The number of aryl methyl sites for hydroxylation is 2. The molecule has 1 saturated carbocycles. The predicted molar refractivity (Wildman–Crippen MR) is 82.3 cm³/mol. The first kappa shape index (κ1) is 13.9. The van der Waals surface area contributed by atoms with Crippen molar-refractivity contribution in [1.82, 2.24) is 20.1 Å². The number of nitrogens with one attached hydrogen (secondary N) is 2. The second-order valence-electron chi connectivity index (χ2n) is 5.25. The molecule has 0 aliphatic heterocycles. The lowest BCUT2D eigenvalue weighted by atomic mass is 10.2. The highest BCUT2D eigenvalue weighted by Crippen LogP contribution is 2.30. The Morgan fingerprint density at radius 2 is 2.33 bits per heavy atom. The summed E-state index contributed by atoms with van der Waals surface area (Å²) < 4.78 is 1.73. The van der Waals surface area contributed by atoms with Crippen LogP contribution >= 0.6 is 11.3 Å². The number of rotatable bonds is 5. The van der Waals surface area contributed by atoms with Crippen LogP contribution in [0.2, 0.25) is 0 Å². The van der Waals surface area contributed by atoms with Gasteiger partial charge >= 0.3 is 0 Å². The Kier molecular flexibility index (Phi) is 3.54. The summed E-state index contributed by atoms with van der Waals surface area (Å²) in [5, 5.41) is 11.1. The van der Waals surface area contributed by atoms with Crippen LogP contribution in [-0.2, 0) is 13.6 Å². The number of hydrogen-bond donors (Lipinski definition) is 3. The molecule has 1 fully saturated rings. The monoisotopic (exact) mass is 306 g/mol. The van der Waals surface area contributed by atoms with Crippen molar-refractivity contribution >= 4 is 28.2 Å². The van der Waals surface area contributed by atoms with Gasteiger partial charge in [-0.15, -0.1) is 0 Å². The zero-order valence-corrected chi connectivity index (χ0v) is 12.8. The van der Waals surface area contributed by atoms with Crippen LogP contribution in [0.1, 0.15) is 33.8 Å². The summed E-state index contributed by atoms with van der Waals surface area (Å²) in [6, 6.07) is 0.490. The maximum absolute atomic E-state index is 12.2. The third kappa shape index (κ3) is 3.15. The molecule has 1 aliphatic carbocycles. The first-order valence-corrected chi connectivity index (χ1v) is 7.64. The third-order valence-corrected chi connectivity index (χ3v) is 4.32. The molecule has 8 heteroatoms. The van der Waals surface area contributed by atoms with Crippen molar-refractivity contribution in [3.63, 3.8) is 0 Å². The Hall–Kier alpha value is -2.09. The van der Waals surface area contributed by atoms with Gasteiger partial charge in [0.1, 0.15) is 10.7 Å². The van der Waals surface area contributed by atoms with Gasteiger partial charge in [0.2, 0.25) is 0 Å². The minimum atomic E-state index is -0.197. The number of nitrogen functional groups attached to an aromatic ring is 1. The average molecular weight is 306 g/mol. The molecule has 0 radical (unpaired) electrons. The number of aromatic nitrogens is 3. The summed E-state index contributed by atoms with van der Waals surface area (Å²) in [5.74, 6) is 0.0839. The zero-order chi connectivity index (χ0) is 15.0. The van der Waals surface area contributed by atoms with Crippen LogP contribution in [0.4, 0.5) is 10.9 Å². The molecule has 21 heavy (non-hydrogen) atoms. The third-order valence-electron chi connectivity index (χ3n) is 3.32. The van der Waals surface area contributed by atoms with Crippen molar-refractivity contribution in [1.29, 1.82) is 0 Å². The summed E-state index contributed by atoms with van der Waals surface area (Å²) in [6.45, 7) is 2.35. The summed E-state index contributed by atoms with van der Waals surface area (Å²) in [7, 11) is 1.86. The van der Waals surface area contributed by atoms with E-state index in [-0.39, 0.29) is 11.7 Å². The summed E-state index contributed by atoms with van der Waals surface area (Å²) in [4.78, 5) is 16.9. The van der Waals surface area contributed by atoms with Crippen LogP contribution in [0.15, 0.2) is 6.20 Å². The molecule has 2 aromatic rings. The Balaban J connectivity index is 1.64. The summed E-state index contributed by atoms with van der Waals surface area (Å²) in [5.41, 5.74) is 7.72. The molecule has 3 rings (SSSR count). The van der Waals surface area contributed by atoms with E-state index in [1.807, 2.05) is 20.2 Å². The van der Waals surface area contributed by atoms with Gasteiger partial charge in [0.25, 0.3) is 5.91 Å². The van der Waals surface area contributed by atoms with Gasteiger partial charge in [-0.3, -0.25) is 9.48 Å². The highest BCUT2D eigenvalue weighted by atomic mass is 32.1. The Labute approximate surface area is 126 Å². The van der Waals surface area contributed by atoms with Gasteiger partial charge < -0.3 is 16.4 Å². The zero-order valence-electron chi connectivity index (χ0n) is 12.0. The molecule has 0 unspecified atom stereocenters. The fraction of sp³-hybridized carbons (Fsp3) is 0.462. The second kappa shape index (κ2) is 5.36. The van der Waals surface area contributed by atoms with E-state index in [2.05, 4.69) is 20.7 Å². The molecule has 2 aromatic heterocycles. The average Bonchev–Trinajstić information content (AvgIpc) is 3.07. The fourth-order valence-electron chi connectivity index (χ4n) is 2.04. The smallest absolute Gasteiger partial charge is 0.265 e. The minimum Gasteiger partial charge on any atom is -0.382 e. The Morgan fingerprint density at radius 3 is 2.95 bits per heavy atom. The molecule has 1 amide bonds. The lowest BCUT2D eigenvalue weighted by Crippen LogP contribution is -2.22. The van der Waals surface area contributed by atoms with E-state index in [4.69, 9.17) is 5.73 Å². The molecule has 0 aromatic carbocycles. The number of hydrogen-bond acceptors (Lipinski definition) is 6. The molecule has 7 nitrogen and oxygen atoms in total. The fourth-order valence-corrected chi connectivity index (χ4v) is 2.91. The van der Waals surface area contributed by atoms with Crippen molar-refractivity contribution in [2.24, 2.45) is 7.05 Å². The molecule has 0 bridgehead atoms. The SMILES string of the molecule is Cc1nn(C)cc1CNC(=O)c1sc(NC2CC2)nc1N. The normalized spacial score (nSPS) is 14.2. The van der Waals surface area contributed by atoms with Crippen LogP contribution in [-0.4, -0.2) is 26.7 Å². The maximum Gasteiger partial charge on any atom is 0.265 e. The van der Waals surface area contributed by atoms with Crippen molar-refractivity contribution in [2.45, 2.75) is 32.4 Å². The molecule has 0 saturated heterocycles. The summed E-state index contributed by atoms with van der Waals surface area (Å²) >= 11 is 1.30. The van der Waals surface area contributed by atoms with E-state index in [0.29, 0.717) is 17.5 Å². The summed E-state index contributed by atoms with van der Waals surface area (Å²) in [6.07, 6.45) is 4.20. The van der Waals surface area contributed by atoms with E-state index in [1.54, 1.807) is 4.68 Å². The van der Waals surface area contributed by atoms with Gasteiger partial charge in [-0.1, -0.05) is 11.3 Å². The molecule has 0 atom stereocenters. The molecule has 112 valence electrons. The topological polar surface area (TPSA) is 97.9 Å². The maximum atomic E-state index is 12.2. The van der Waals surface area contributed by atoms with Crippen LogP contribution in [0.5, 0.6) is 0 Å². The van der Waals surface area contributed by atoms with E-state index in [0.717, 1.165) is 29.2 Å². The largest absolute Gasteiger partial charge is 0.382 e. The highest BCUT2D eigenvalue weighted by Gasteiger charge is 2.24. The quantitative estimate of drug-likeness (QED) is 0.773. The predicted octanol–water partition coefficient (Wildman–Crippen LogP) is 1.27. The minimum absolute atomic E-state index is 0.197. The number of thiazole rings is 1. The van der Waals surface area contributed by atoms with Gasteiger partial charge in [-0.05, 0) is 19.8 Å². The Bertz CT molecular complexity index is 672. The van der Waals surface area contributed by atoms with Crippen molar-refractivity contribution < 1.29 is 4.79 Å². The number of carbonyl (C=O) groups is 1. The van der Waals surface area contributed by atoms with E-state index >= 15 is 0 Å². The van der Waals surface area contributed by atoms with Gasteiger partial charge in [-0.25, -0.2) is 4.98 Å². The second-order valence-corrected chi connectivity index (χ2v) is 6.25. The molecular formula is C13H18N6OS. The van der Waals surface area contributed by atoms with Crippen molar-refractivity contribution in [3.05, 3.63) is 22.3 Å².